The number of benzene rings is 1. The summed E-state index contributed by atoms with van der Waals surface area (Å²) in [6.07, 6.45) is 7.37. The van der Waals surface area contributed by atoms with Crippen LogP contribution in [0.2, 0.25) is 0 Å². The molecule has 0 aromatic heterocycles. The van der Waals surface area contributed by atoms with Crippen molar-refractivity contribution in [1.82, 2.24) is 10.0 Å². The highest BCUT2D eigenvalue weighted by molar-refractivity contribution is 7.89. The van der Waals surface area contributed by atoms with Crippen molar-refractivity contribution in [2.75, 3.05) is 19.7 Å². The molecule has 1 amide bonds. The first-order valence-electron chi connectivity index (χ1n) is 10.3. The molecule has 0 saturated heterocycles. The molecule has 1 saturated carbocycles. The molecule has 1 aliphatic rings. The van der Waals surface area contributed by atoms with E-state index in [1.54, 1.807) is 13.8 Å². The Bertz CT molecular complexity index is 733. The molecule has 2 rings (SSSR count). The number of hydrogen-bond acceptors (Lipinski definition) is 4. The summed E-state index contributed by atoms with van der Waals surface area (Å²) in [5, 5.41) is 2.82. The van der Waals surface area contributed by atoms with E-state index in [2.05, 4.69) is 10.0 Å². The molecule has 158 valence electrons. The molecule has 0 heterocycles. The van der Waals surface area contributed by atoms with Crippen molar-refractivity contribution in [3.63, 3.8) is 0 Å². The number of carbonyl (C=O) groups is 1. The number of hydrogen-bond donors (Lipinski definition) is 2. The standard InChI is InChI=1S/C21H34N2O4S/c1-16-14-17(2)21(18(3)15-16)28(25,26)23-12-10-20(24)22-11-7-13-27-19-8-5-4-6-9-19/h14-15,19,23H,4-13H2,1-3H3,(H,22,24). The lowest BCUT2D eigenvalue weighted by atomic mass is 9.98. The van der Waals surface area contributed by atoms with Crippen LogP contribution in [0.4, 0.5) is 0 Å². The summed E-state index contributed by atoms with van der Waals surface area (Å²) < 4.78 is 33.5. The van der Waals surface area contributed by atoms with Gasteiger partial charge in [-0.25, -0.2) is 13.1 Å². The van der Waals surface area contributed by atoms with Crippen LogP contribution >= 0.6 is 0 Å². The predicted molar refractivity (Wildman–Crippen MR) is 111 cm³/mol. The zero-order valence-electron chi connectivity index (χ0n) is 17.3. The Balaban J connectivity index is 1.66. The van der Waals surface area contributed by atoms with Crippen molar-refractivity contribution >= 4 is 15.9 Å². The van der Waals surface area contributed by atoms with Crippen LogP contribution in [0.5, 0.6) is 0 Å². The van der Waals surface area contributed by atoms with Crippen molar-refractivity contribution in [1.29, 1.82) is 0 Å². The van der Waals surface area contributed by atoms with E-state index >= 15 is 0 Å². The lowest BCUT2D eigenvalue weighted by Gasteiger charge is -2.21. The summed E-state index contributed by atoms with van der Waals surface area (Å²) >= 11 is 0. The topological polar surface area (TPSA) is 84.5 Å². The van der Waals surface area contributed by atoms with Crippen molar-refractivity contribution in [2.24, 2.45) is 0 Å². The van der Waals surface area contributed by atoms with Gasteiger partial charge in [0, 0.05) is 26.1 Å². The Morgan fingerprint density at radius 1 is 1.07 bits per heavy atom. The van der Waals surface area contributed by atoms with E-state index in [4.69, 9.17) is 4.74 Å². The third-order valence-electron chi connectivity index (χ3n) is 5.07. The van der Waals surface area contributed by atoms with Gasteiger partial charge in [-0.15, -0.1) is 0 Å². The van der Waals surface area contributed by atoms with Crippen LogP contribution in [-0.4, -0.2) is 40.1 Å². The first-order valence-corrected chi connectivity index (χ1v) is 11.7. The van der Waals surface area contributed by atoms with Crippen LogP contribution < -0.4 is 10.0 Å². The predicted octanol–water partition coefficient (Wildman–Crippen LogP) is 3.14. The number of aryl methyl sites for hydroxylation is 3. The van der Waals surface area contributed by atoms with Gasteiger partial charge in [0.1, 0.15) is 0 Å². The van der Waals surface area contributed by atoms with Gasteiger partial charge in [-0.05, 0) is 51.2 Å². The monoisotopic (exact) mass is 410 g/mol. The largest absolute Gasteiger partial charge is 0.378 e. The van der Waals surface area contributed by atoms with E-state index in [9.17, 15) is 13.2 Å². The highest BCUT2D eigenvalue weighted by Gasteiger charge is 2.19. The molecule has 0 aliphatic heterocycles. The van der Waals surface area contributed by atoms with Crippen LogP contribution in [0, 0.1) is 20.8 Å². The van der Waals surface area contributed by atoms with Gasteiger partial charge in [-0.2, -0.15) is 0 Å². The average Bonchev–Trinajstić information content (AvgIpc) is 2.61. The molecule has 0 unspecified atom stereocenters. The van der Waals surface area contributed by atoms with Crippen LogP contribution in [0.25, 0.3) is 0 Å². The normalized spacial score (nSPS) is 15.5. The number of rotatable bonds is 10. The molecule has 1 aromatic carbocycles. The fourth-order valence-electron chi connectivity index (χ4n) is 3.83. The molecule has 1 aromatic rings. The van der Waals surface area contributed by atoms with Gasteiger partial charge < -0.3 is 10.1 Å². The summed E-state index contributed by atoms with van der Waals surface area (Å²) in [6, 6.07) is 3.70. The van der Waals surface area contributed by atoms with Crippen LogP contribution in [0.3, 0.4) is 0 Å². The minimum Gasteiger partial charge on any atom is -0.378 e. The molecule has 0 atom stereocenters. The first kappa shape index (κ1) is 22.8. The van der Waals surface area contributed by atoms with E-state index in [0.717, 1.165) is 24.8 Å². The highest BCUT2D eigenvalue weighted by Crippen LogP contribution is 2.21. The van der Waals surface area contributed by atoms with Gasteiger partial charge in [0.25, 0.3) is 0 Å². The molecule has 6 nitrogen and oxygen atoms in total. The molecule has 0 spiro atoms. The second-order valence-electron chi connectivity index (χ2n) is 7.71. The third-order valence-corrected chi connectivity index (χ3v) is 6.83. The van der Waals surface area contributed by atoms with Gasteiger partial charge in [0.05, 0.1) is 11.0 Å². The molecule has 1 fully saturated rings. The quantitative estimate of drug-likeness (QED) is 0.581. The zero-order valence-corrected chi connectivity index (χ0v) is 18.2. The van der Waals surface area contributed by atoms with Gasteiger partial charge in [-0.1, -0.05) is 37.0 Å². The molecular formula is C21H34N2O4S. The second-order valence-corrected chi connectivity index (χ2v) is 9.41. The zero-order chi connectivity index (χ0) is 20.6. The van der Waals surface area contributed by atoms with Gasteiger partial charge in [0.2, 0.25) is 15.9 Å². The minimum atomic E-state index is -3.63. The third kappa shape index (κ3) is 7.18. The fourth-order valence-corrected chi connectivity index (χ4v) is 5.31. The Morgan fingerprint density at radius 3 is 2.36 bits per heavy atom. The number of carbonyl (C=O) groups excluding carboxylic acids is 1. The number of ether oxygens (including phenoxy) is 1. The summed E-state index contributed by atoms with van der Waals surface area (Å²) in [6.45, 7) is 6.80. The summed E-state index contributed by atoms with van der Waals surface area (Å²) in [5.74, 6) is -0.155. The maximum Gasteiger partial charge on any atom is 0.241 e. The van der Waals surface area contributed by atoms with Crippen LogP contribution in [0.15, 0.2) is 17.0 Å². The Labute approximate surface area is 169 Å². The molecule has 1 aliphatic carbocycles. The van der Waals surface area contributed by atoms with Crippen molar-refractivity contribution in [3.05, 3.63) is 28.8 Å². The van der Waals surface area contributed by atoms with E-state index in [0.29, 0.717) is 35.3 Å². The van der Waals surface area contributed by atoms with Crippen molar-refractivity contribution in [3.8, 4) is 0 Å². The Hall–Kier alpha value is -1.44. The Morgan fingerprint density at radius 2 is 1.71 bits per heavy atom. The molecule has 7 heteroatoms. The molecule has 28 heavy (non-hydrogen) atoms. The van der Waals surface area contributed by atoms with Crippen molar-refractivity contribution in [2.45, 2.75) is 76.7 Å². The maximum atomic E-state index is 12.6. The Kier molecular flexibility index (Phi) is 8.92. The molecule has 0 radical (unpaired) electrons. The van der Waals surface area contributed by atoms with Crippen LogP contribution in [0.1, 0.15) is 61.6 Å². The minimum absolute atomic E-state index is 0.0828. The highest BCUT2D eigenvalue weighted by atomic mass is 32.2. The van der Waals surface area contributed by atoms with E-state index in [-0.39, 0.29) is 18.9 Å². The maximum absolute atomic E-state index is 12.6. The smallest absolute Gasteiger partial charge is 0.241 e. The summed E-state index contributed by atoms with van der Waals surface area (Å²) in [5.41, 5.74) is 2.46. The van der Waals surface area contributed by atoms with Gasteiger partial charge in [-0.3, -0.25) is 4.79 Å². The fraction of sp³-hybridized carbons (Fsp3) is 0.667. The van der Waals surface area contributed by atoms with Crippen molar-refractivity contribution < 1.29 is 17.9 Å². The SMILES string of the molecule is Cc1cc(C)c(S(=O)(=O)NCCC(=O)NCCCOC2CCCCC2)c(C)c1. The van der Waals surface area contributed by atoms with E-state index in [1.807, 2.05) is 19.1 Å². The van der Waals surface area contributed by atoms with E-state index < -0.39 is 10.0 Å². The number of nitrogens with one attached hydrogen (secondary N) is 2. The molecule has 0 bridgehead atoms. The number of sulfonamides is 1. The van der Waals surface area contributed by atoms with Gasteiger partial charge >= 0.3 is 0 Å². The number of amides is 1. The van der Waals surface area contributed by atoms with E-state index in [1.165, 1.54) is 19.3 Å². The van der Waals surface area contributed by atoms with Crippen LogP contribution in [-0.2, 0) is 19.6 Å². The lowest BCUT2D eigenvalue weighted by Crippen LogP contribution is -2.32. The molecular weight excluding hydrogens is 376 g/mol. The summed E-state index contributed by atoms with van der Waals surface area (Å²) in [7, 11) is -3.63. The summed E-state index contributed by atoms with van der Waals surface area (Å²) in [4.78, 5) is 12.2. The first-order chi connectivity index (χ1) is 13.3. The van der Waals surface area contributed by atoms with Gasteiger partial charge in [0.15, 0.2) is 0 Å². The second kappa shape index (κ2) is 10.9. The average molecular weight is 411 g/mol. The molecule has 2 N–H and O–H groups in total. The lowest BCUT2D eigenvalue weighted by molar-refractivity contribution is -0.121.